The Morgan fingerprint density at radius 2 is 1.45 bits per heavy atom. The van der Waals surface area contributed by atoms with Gasteiger partial charge in [0.2, 0.25) is 0 Å². The third kappa shape index (κ3) is 5.85. The van der Waals surface area contributed by atoms with Crippen molar-refractivity contribution in [3.8, 4) is 16.9 Å². The molecule has 1 unspecified atom stereocenters. The van der Waals surface area contributed by atoms with Crippen molar-refractivity contribution in [2.75, 3.05) is 13.2 Å². The highest BCUT2D eigenvalue weighted by atomic mass is 19.3. The van der Waals surface area contributed by atoms with Gasteiger partial charge in [-0.25, -0.2) is 26.3 Å². The normalized spacial score (nSPS) is 15.9. The maximum Gasteiger partial charge on any atom is 0.432 e. The molecular weight excluding hydrogens is 520 g/mol. The first-order valence-electron chi connectivity index (χ1n) is 11.8. The Balaban J connectivity index is 1.55. The van der Waals surface area contributed by atoms with Gasteiger partial charge in [0.05, 0.1) is 0 Å². The Morgan fingerprint density at radius 3 is 2.00 bits per heavy atom. The predicted molar refractivity (Wildman–Crippen MR) is 124 cm³/mol. The van der Waals surface area contributed by atoms with Crippen LogP contribution < -0.4 is 4.74 Å². The molecule has 38 heavy (non-hydrogen) atoms. The molecule has 0 bridgehead atoms. The third-order valence-electron chi connectivity index (χ3n) is 6.26. The summed E-state index contributed by atoms with van der Waals surface area (Å²) in [5, 5.41) is 0. The quantitative estimate of drug-likeness (QED) is 0.210. The monoisotopic (exact) mass is 542 g/mol. The molecule has 2 nitrogen and oxygen atoms in total. The fourth-order valence-corrected chi connectivity index (χ4v) is 4.33. The van der Waals surface area contributed by atoms with E-state index in [4.69, 9.17) is 4.74 Å². The maximum absolute atomic E-state index is 14.8. The topological polar surface area (TPSA) is 18.5 Å². The second kappa shape index (κ2) is 11.1. The molecule has 0 saturated heterocycles. The van der Waals surface area contributed by atoms with Crippen LogP contribution in [0, 0.1) is 40.8 Å². The molecule has 0 radical (unpaired) electrons. The molecule has 0 amide bonds. The van der Waals surface area contributed by atoms with Crippen LogP contribution in [0.2, 0.25) is 0 Å². The Morgan fingerprint density at radius 1 is 0.816 bits per heavy atom. The molecule has 0 heterocycles. The van der Waals surface area contributed by atoms with Crippen molar-refractivity contribution in [3.63, 3.8) is 0 Å². The molecule has 0 aromatic heterocycles. The van der Waals surface area contributed by atoms with Crippen LogP contribution >= 0.6 is 0 Å². The van der Waals surface area contributed by atoms with Crippen LogP contribution in [0.1, 0.15) is 37.3 Å². The summed E-state index contributed by atoms with van der Waals surface area (Å²) in [6.45, 7) is 3.01. The van der Waals surface area contributed by atoms with Crippen LogP contribution in [0.3, 0.4) is 0 Å². The van der Waals surface area contributed by atoms with Gasteiger partial charge in [-0.15, -0.1) is 0 Å². The van der Waals surface area contributed by atoms with E-state index in [-0.39, 0.29) is 11.5 Å². The van der Waals surface area contributed by atoms with E-state index in [1.807, 2.05) is 6.92 Å². The van der Waals surface area contributed by atoms with E-state index in [0.717, 1.165) is 30.7 Å². The van der Waals surface area contributed by atoms with Crippen LogP contribution in [-0.4, -0.2) is 13.2 Å². The fourth-order valence-electron chi connectivity index (χ4n) is 4.33. The van der Waals surface area contributed by atoms with E-state index in [1.165, 1.54) is 0 Å². The summed E-state index contributed by atoms with van der Waals surface area (Å²) >= 11 is 0. The lowest BCUT2D eigenvalue weighted by molar-refractivity contribution is -0.189. The van der Waals surface area contributed by atoms with Gasteiger partial charge in [-0.3, -0.25) is 0 Å². The lowest BCUT2D eigenvalue weighted by atomic mass is 9.86. The van der Waals surface area contributed by atoms with Gasteiger partial charge in [0.25, 0.3) is 0 Å². The minimum Gasteiger partial charge on any atom is -0.429 e. The number of halogens is 8. The van der Waals surface area contributed by atoms with Gasteiger partial charge in [0.15, 0.2) is 17.5 Å². The molecule has 202 valence electrons. The third-order valence-corrected chi connectivity index (χ3v) is 6.26. The molecule has 10 heteroatoms. The number of alkyl halides is 2. The number of ether oxygens (including phenoxy) is 2. The van der Waals surface area contributed by atoms with E-state index >= 15 is 0 Å². The van der Waals surface area contributed by atoms with Crippen molar-refractivity contribution in [2.45, 2.75) is 32.3 Å². The number of rotatable bonds is 8. The van der Waals surface area contributed by atoms with Gasteiger partial charge in [0.1, 0.15) is 28.8 Å². The summed E-state index contributed by atoms with van der Waals surface area (Å²) < 4.78 is 124. The zero-order valence-corrected chi connectivity index (χ0v) is 20.1. The van der Waals surface area contributed by atoms with E-state index in [1.54, 1.807) is 6.08 Å². The van der Waals surface area contributed by atoms with Crippen molar-refractivity contribution in [2.24, 2.45) is 5.92 Å². The predicted octanol–water partition coefficient (Wildman–Crippen LogP) is 8.54. The van der Waals surface area contributed by atoms with E-state index in [2.05, 4.69) is 4.74 Å². The van der Waals surface area contributed by atoms with Crippen molar-refractivity contribution in [3.05, 3.63) is 94.6 Å². The number of hydrogen-bond acceptors (Lipinski definition) is 2. The number of hydrogen-bond donors (Lipinski definition) is 0. The van der Waals surface area contributed by atoms with Crippen molar-refractivity contribution < 1.29 is 44.6 Å². The lowest BCUT2D eigenvalue weighted by Crippen LogP contribution is -2.25. The standard InChI is InChI=1S/C28H22F8O2/c1-2-37-14-15-3-5-16(6-4-15)17-9-22(30)26(23(31)10-17)28(35,36)38-19-7-8-20(21(29)13-19)18-11-24(32)27(34)25(33)12-18/h5,7-13,15H,2-4,6,14H2,1H3. The molecule has 1 aliphatic carbocycles. The summed E-state index contributed by atoms with van der Waals surface area (Å²) in [4.78, 5) is 0. The van der Waals surface area contributed by atoms with Gasteiger partial charge in [-0.1, -0.05) is 6.08 Å². The van der Waals surface area contributed by atoms with Gasteiger partial charge in [-0.2, -0.15) is 8.78 Å². The number of benzene rings is 3. The Kier molecular flexibility index (Phi) is 8.10. The highest BCUT2D eigenvalue weighted by Gasteiger charge is 2.41. The average molecular weight is 542 g/mol. The van der Waals surface area contributed by atoms with Crippen LogP contribution in [-0.2, 0) is 10.8 Å². The minimum atomic E-state index is -4.53. The summed E-state index contributed by atoms with van der Waals surface area (Å²) in [5.41, 5.74) is -1.74. The lowest BCUT2D eigenvalue weighted by Gasteiger charge is -2.23. The molecule has 0 fully saturated rings. The zero-order valence-electron chi connectivity index (χ0n) is 20.1. The molecule has 3 aromatic rings. The fraction of sp³-hybridized carbons (Fsp3) is 0.286. The second-order valence-corrected chi connectivity index (χ2v) is 8.86. The Bertz CT molecular complexity index is 1320. The molecule has 1 atom stereocenters. The smallest absolute Gasteiger partial charge is 0.429 e. The van der Waals surface area contributed by atoms with Gasteiger partial charge in [-0.05, 0) is 85.2 Å². The molecule has 4 rings (SSSR count). The van der Waals surface area contributed by atoms with Crippen LogP contribution in [0.25, 0.3) is 16.7 Å². The Labute approximate surface area is 213 Å². The first-order chi connectivity index (χ1) is 18.0. The molecule has 0 spiro atoms. The van der Waals surface area contributed by atoms with Crippen molar-refractivity contribution >= 4 is 5.57 Å². The van der Waals surface area contributed by atoms with Crippen molar-refractivity contribution in [1.29, 1.82) is 0 Å². The molecular formula is C28H22F8O2. The second-order valence-electron chi connectivity index (χ2n) is 8.86. The van der Waals surface area contributed by atoms with Gasteiger partial charge < -0.3 is 9.47 Å². The molecule has 0 aliphatic heterocycles. The highest BCUT2D eigenvalue weighted by Crippen LogP contribution is 2.39. The molecule has 3 aromatic carbocycles. The first kappa shape index (κ1) is 27.6. The number of allylic oxidation sites excluding steroid dienone is 2. The first-order valence-corrected chi connectivity index (χ1v) is 11.8. The summed E-state index contributed by atoms with van der Waals surface area (Å²) in [7, 11) is 0. The largest absolute Gasteiger partial charge is 0.432 e. The summed E-state index contributed by atoms with van der Waals surface area (Å²) in [6.07, 6.45) is -0.888. The van der Waals surface area contributed by atoms with Crippen LogP contribution in [0.15, 0.2) is 48.5 Å². The Hall–Kier alpha value is -3.40. The van der Waals surface area contributed by atoms with Crippen LogP contribution in [0.5, 0.6) is 5.75 Å². The van der Waals surface area contributed by atoms with E-state index in [9.17, 15) is 35.1 Å². The summed E-state index contributed by atoms with van der Waals surface area (Å²) in [6, 6.07) is 4.78. The molecule has 0 saturated carbocycles. The van der Waals surface area contributed by atoms with Crippen LogP contribution in [0.4, 0.5) is 35.1 Å². The minimum absolute atomic E-state index is 0.128. The highest BCUT2D eigenvalue weighted by molar-refractivity contribution is 5.67. The van der Waals surface area contributed by atoms with E-state index in [0.29, 0.717) is 49.8 Å². The SMILES string of the molecule is CCOCC1CC=C(c2cc(F)c(C(F)(F)Oc3ccc(-c4cc(F)c(F)c(F)c4)c(F)c3)c(F)c2)CC1. The molecule has 0 N–H and O–H groups in total. The zero-order chi connectivity index (χ0) is 27.6. The molecule has 1 aliphatic rings. The summed E-state index contributed by atoms with van der Waals surface area (Å²) in [5.74, 6) is -9.78. The van der Waals surface area contributed by atoms with Gasteiger partial charge in [0, 0.05) is 24.8 Å². The van der Waals surface area contributed by atoms with Gasteiger partial charge >= 0.3 is 6.11 Å². The van der Waals surface area contributed by atoms with Crippen molar-refractivity contribution in [1.82, 2.24) is 0 Å². The van der Waals surface area contributed by atoms with E-state index < -0.39 is 63.5 Å². The maximum atomic E-state index is 14.8. The average Bonchev–Trinajstić information content (AvgIpc) is 2.85.